The number of benzene rings is 3. The fourth-order valence-corrected chi connectivity index (χ4v) is 3.49. The van der Waals surface area contributed by atoms with E-state index in [0.717, 1.165) is 29.5 Å². The lowest BCUT2D eigenvalue weighted by molar-refractivity contribution is 0.0536. The molecule has 0 radical (unpaired) electrons. The van der Waals surface area contributed by atoms with Gasteiger partial charge in [-0.2, -0.15) is 0 Å². The first-order valence-corrected chi connectivity index (χ1v) is 11.0. The molecule has 6 nitrogen and oxygen atoms in total. The van der Waals surface area contributed by atoms with Gasteiger partial charge in [0.15, 0.2) is 5.78 Å². The van der Waals surface area contributed by atoms with Crippen LogP contribution in [0.1, 0.15) is 44.7 Å². The zero-order chi connectivity index (χ0) is 23.4. The molecule has 0 aromatic heterocycles. The predicted octanol–water partition coefficient (Wildman–Crippen LogP) is 3.52. The largest absolute Gasteiger partial charge is 0.491 e. The highest BCUT2D eigenvalue weighted by Crippen LogP contribution is 2.27. The van der Waals surface area contributed by atoms with E-state index in [1.165, 1.54) is 0 Å². The number of ketones is 1. The highest BCUT2D eigenvalue weighted by atomic mass is 16.5. The Labute approximate surface area is 192 Å². The molecule has 1 unspecified atom stereocenters. The van der Waals surface area contributed by atoms with Crippen molar-refractivity contribution in [3.8, 4) is 16.9 Å². The summed E-state index contributed by atoms with van der Waals surface area (Å²) in [5.41, 5.74) is 4.67. The third kappa shape index (κ3) is 5.66. The van der Waals surface area contributed by atoms with Crippen molar-refractivity contribution in [1.29, 1.82) is 0 Å². The molecule has 3 aromatic rings. The van der Waals surface area contributed by atoms with Crippen LogP contribution in [0.5, 0.6) is 5.75 Å². The lowest BCUT2D eigenvalue weighted by atomic mass is 9.95. The van der Waals surface area contributed by atoms with Crippen molar-refractivity contribution in [2.24, 2.45) is 0 Å². The summed E-state index contributed by atoms with van der Waals surface area (Å²) >= 11 is 0. The van der Waals surface area contributed by atoms with E-state index in [4.69, 9.17) is 9.84 Å². The van der Waals surface area contributed by atoms with Gasteiger partial charge in [0.05, 0.1) is 6.61 Å². The van der Waals surface area contributed by atoms with E-state index in [1.807, 2.05) is 37.3 Å². The molecular formula is C27H27NO5. The molecule has 0 bridgehead atoms. The molecular weight excluding hydrogens is 418 g/mol. The molecule has 1 aliphatic rings. The monoisotopic (exact) mass is 445 g/mol. The average molecular weight is 446 g/mol. The van der Waals surface area contributed by atoms with Gasteiger partial charge in [0.25, 0.3) is 5.91 Å². The van der Waals surface area contributed by atoms with Crippen molar-refractivity contribution >= 4 is 11.7 Å². The van der Waals surface area contributed by atoms with Gasteiger partial charge in [-0.3, -0.25) is 9.59 Å². The standard InChI is InChI=1S/C27H27NO5/c1-17-2-3-21(27(32)28-22-10-11-22)14-25(17)18-4-6-19(7-5-18)26(31)20-8-12-24(13-9-20)33-16-23(30)15-29/h2-9,12-14,22-23,29-30H,10-11,15-16H2,1H3,(H,28,32). The van der Waals surface area contributed by atoms with Gasteiger partial charge in [0.2, 0.25) is 0 Å². The third-order valence-electron chi connectivity index (χ3n) is 5.64. The van der Waals surface area contributed by atoms with E-state index >= 15 is 0 Å². The van der Waals surface area contributed by atoms with Crippen LogP contribution in [-0.4, -0.2) is 47.3 Å². The van der Waals surface area contributed by atoms with Gasteiger partial charge >= 0.3 is 0 Å². The smallest absolute Gasteiger partial charge is 0.251 e. The van der Waals surface area contributed by atoms with Crippen molar-refractivity contribution in [3.63, 3.8) is 0 Å². The molecule has 4 rings (SSSR count). The molecule has 0 heterocycles. The molecule has 0 saturated heterocycles. The molecule has 170 valence electrons. The van der Waals surface area contributed by atoms with Crippen LogP contribution in [0.4, 0.5) is 0 Å². The van der Waals surface area contributed by atoms with E-state index in [2.05, 4.69) is 5.32 Å². The molecule has 0 spiro atoms. The zero-order valence-electron chi connectivity index (χ0n) is 18.5. The van der Waals surface area contributed by atoms with E-state index in [-0.39, 0.29) is 24.9 Å². The normalized spacial score (nSPS) is 13.9. The van der Waals surface area contributed by atoms with Crippen molar-refractivity contribution in [2.45, 2.75) is 31.9 Å². The zero-order valence-corrected chi connectivity index (χ0v) is 18.5. The minimum Gasteiger partial charge on any atom is -0.491 e. The van der Waals surface area contributed by atoms with Gasteiger partial charge in [-0.15, -0.1) is 0 Å². The minimum atomic E-state index is -0.943. The Morgan fingerprint density at radius 3 is 2.18 bits per heavy atom. The van der Waals surface area contributed by atoms with Crippen molar-refractivity contribution in [1.82, 2.24) is 5.32 Å². The molecule has 3 aromatic carbocycles. The number of amides is 1. The van der Waals surface area contributed by atoms with Gasteiger partial charge in [-0.05, 0) is 72.9 Å². The van der Waals surface area contributed by atoms with Crippen LogP contribution in [-0.2, 0) is 0 Å². The lowest BCUT2D eigenvalue weighted by Crippen LogP contribution is -2.25. The Morgan fingerprint density at radius 2 is 1.58 bits per heavy atom. The molecule has 1 aliphatic carbocycles. The maximum Gasteiger partial charge on any atom is 0.251 e. The number of rotatable bonds is 9. The van der Waals surface area contributed by atoms with Gasteiger partial charge in [0.1, 0.15) is 18.5 Å². The number of nitrogens with one attached hydrogen (secondary N) is 1. The highest BCUT2D eigenvalue weighted by molar-refractivity contribution is 6.09. The summed E-state index contributed by atoms with van der Waals surface area (Å²) in [6.45, 7) is 1.61. The van der Waals surface area contributed by atoms with E-state index in [1.54, 1.807) is 36.4 Å². The minimum absolute atomic E-state index is 0.0197. The molecule has 3 N–H and O–H groups in total. The van der Waals surface area contributed by atoms with E-state index in [0.29, 0.717) is 28.5 Å². The van der Waals surface area contributed by atoms with E-state index < -0.39 is 6.10 Å². The summed E-state index contributed by atoms with van der Waals surface area (Å²) in [6.07, 6.45) is 1.15. The maximum absolute atomic E-state index is 12.9. The molecule has 1 fully saturated rings. The number of aryl methyl sites for hydroxylation is 1. The SMILES string of the molecule is Cc1ccc(C(=O)NC2CC2)cc1-c1ccc(C(=O)c2ccc(OCC(O)CO)cc2)cc1. The molecule has 0 aliphatic heterocycles. The first-order valence-electron chi connectivity index (χ1n) is 11.0. The van der Waals surface area contributed by atoms with Gasteiger partial charge in [-0.25, -0.2) is 0 Å². The second kappa shape index (κ2) is 9.98. The molecule has 1 saturated carbocycles. The molecule has 33 heavy (non-hydrogen) atoms. The van der Waals surface area contributed by atoms with Crippen LogP contribution in [0.2, 0.25) is 0 Å². The summed E-state index contributed by atoms with van der Waals surface area (Å²) in [4.78, 5) is 25.3. The number of aliphatic hydroxyl groups excluding tert-OH is 2. The Hall–Kier alpha value is -3.48. The lowest BCUT2D eigenvalue weighted by Gasteiger charge is -2.11. The Morgan fingerprint density at radius 1 is 0.970 bits per heavy atom. The van der Waals surface area contributed by atoms with Crippen LogP contribution in [0, 0.1) is 6.92 Å². The van der Waals surface area contributed by atoms with E-state index in [9.17, 15) is 14.7 Å². The average Bonchev–Trinajstić information content (AvgIpc) is 3.66. The summed E-state index contributed by atoms with van der Waals surface area (Å²) in [5, 5.41) is 21.2. The first-order chi connectivity index (χ1) is 15.9. The molecule has 6 heteroatoms. The number of hydrogen-bond acceptors (Lipinski definition) is 5. The summed E-state index contributed by atoms with van der Waals surface area (Å²) in [7, 11) is 0. The third-order valence-corrected chi connectivity index (χ3v) is 5.64. The van der Waals surface area contributed by atoms with Gasteiger partial charge in [0, 0.05) is 22.7 Å². The number of hydrogen-bond donors (Lipinski definition) is 3. The van der Waals surface area contributed by atoms with Gasteiger partial charge in [-0.1, -0.05) is 30.3 Å². The Balaban J connectivity index is 1.46. The van der Waals surface area contributed by atoms with Crippen LogP contribution < -0.4 is 10.1 Å². The maximum atomic E-state index is 12.9. The highest BCUT2D eigenvalue weighted by Gasteiger charge is 2.24. The van der Waals surface area contributed by atoms with Gasteiger partial charge < -0.3 is 20.3 Å². The number of carbonyl (C=O) groups excluding carboxylic acids is 2. The van der Waals surface area contributed by atoms with Crippen molar-refractivity contribution in [2.75, 3.05) is 13.2 Å². The number of aliphatic hydroxyl groups is 2. The Bertz CT molecular complexity index is 1130. The van der Waals surface area contributed by atoms with Crippen LogP contribution in [0.25, 0.3) is 11.1 Å². The topological polar surface area (TPSA) is 95.9 Å². The summed E-state index contributed by atoms with van der Waals surface area (Å²) in [6, 6.07) is 20.0. The van der Waals surface area contributed by atoms with Crippen LogP contribution >= 0.6 is 0 Å². The fourth-order valence-electron chi connectivity index (χ4n) is 3.49. The second-order valence-electron chi connectivity index (χ2n) is 8.36. The predicted molar refractivity (Wildman–Crippen MR) is 126 cm³/mol. The van der Waals surface area contributed by atoms with Crippen molar-refractivity contribution in [3.05, 3.63) is 89.0 Å². The number of ether oxygens (including phenoxy) is 1. The van der Waals surface area contributed by atoms with Crippen LogP contribution in [0.15, 0.2) is 66.7 Å². The van der Waals surface area contributed by atoms with Crippen LogP contribution in [0.3, 0.4) is 0 Å². The fraction of sp³-hybridized carbons (Fsp3) is 0.259. The second-order valence-corrected chi connectivity index (χ2v) is 8.36. The summed E-state index contributed by atoms with van der Waals surface area (Å²) in [5.74, 6) is 0.345. The number of carbonyl (C=O) groups is 2. The quantitative estimate of drug-likeness (QED) is 0.438. The first kappa shape index (κ1) is 22.7. The Kier molecular flexibility index (Phi) is 6.87. The molecule has 1 atom stereocenters. The summed E-state index contributed by atoms with van der Waals surface area (Å²) < 4.78 is 5.38. The van der Waals surface area contributed by atoms with Crippen molar-refractivity contribution < 1.29 is 24.5 Å². The molecule has 1 amide bonds.